The maximum atomic E-state index is 10.1. The van der Waals surface area contributed by atoms with Gasteiger partial charge in [-0.25, -0.2) is 19.9 Å². The van der Waals surface area contributed by atoms with E-state index in [4.69, 9.17) is 20.4 Å². The average molecular weight is 490 g/mol. The number of anilines is 5. The number of morpholine rings is 1. The molecule has 188 valence electrons. The van der Waals surface area contributed by atoms with Crippen LogP contribution in [0.15, 0.2) is 30.7 Å². The fraction of sp³-hybridized carbons (Fsp3) is 0.480. The summed E-state index contributed by atoms with van der Waals surface area (Å²) in [7, 11) is 0. The smallest absolute Gasteiger partial charge is 0.228 e. The van der Waals surface area contributed by atoms with E-state index in [1.54, 1.807) is 12.4 Å². The Hall–Kier alpha value is -3.57. The van der Waals surface area contributed by atoms with Crippen molar-refractivity contribution in [2.45, 2.75) is 31.8 Å². The number of nitrogen functional groups attached to an aromatic ring is 1. The first-order valence-electron chi connectivity index (χ1n) is 12.6. The Labute approximate surface area is 210 Å². The minimum absolute atomic E-state index is 0.227. The molecule has 0 bridgehead atoms. The summed E-state index contributed by atoms with van der Waals surface area (Å²) in [4.78, 5) is 29.8. The van der Waals surface area contributed by atoms with Crippen LogP contribution in [0.4, 0.5) is 29.2 Å². The number of hydrogen-bond donors (Lipinski definition) is 2. The Bertz CT molecular complexity index is 1220. The Balaban J connectivity index is 1.38. The molecule has 1 atom stereocenters. The molecule has 3 aromatic heterocycles. The molecule has 6 rings (SSSR count). The highest BCUT2D eigenvalue weighted by Crippen LogP contribution is 2.39. The first-order valence-corrected chi connectivity index (χ1v) is 12.6. The summed E-state index contributed by atoms with van der Waals surface area (Å²) in [6.07, 6.45) is 8.48. The highest BCUT2D eigenvalue weighted by molar-refractivity contribution is 5.77. The zero-order valence-corrected chi connectivity index (χ0v) is 20.3. The third kappa shape index (κ3) is 4.51. The molecule has 0 amide bonds. The summed E-state index contributed by atoms with van der Waals surface area (Å²) in [5.74, 6) is 2.77. The van der Waals surface area contributed by atoms with E-state index in [1.165, 1.54) is 0 Å². The molecule has 11 nitrogen and oxygen atoms in total. The van der Waals surface area contributed by atoms with E-state index in [9.17, 15) is 5.11 Å². The Morgan fingerprint density at radius 2 is 1.78 bits per heavy atom. The normalized spacial score (nSPS) is 20.4. The van der Waals surface area contributed by atoms with Gasteiger partial charge in [0, 0.05) is 74.2 Å². The minimum Gasteiger partial charge on any atom is -0.393 e. The Kier molecular flexibility index (Phi) is 6.24. The van der Waals surface area contributed by atoms with Crippen molar-refractivity contribution in [3.8, 4) is 11.3 Å². The van der Waals surface area contributed by atoms with E-state index in [-0.39, 0.29) is 12.1 Å². The predicted molar refractivity (Wildman–Crippen MR) is 138 cm³/mol. The average Bonchev–Trinajstić information content (AvgIpc) is 3.23. The van der Waals surface area contributed by atoms with E-state index >= 15 is 0 Å². The summed E-state index contributed by atoms with van der Waals surface area (Å²) < 4.78 is 5.55. The summed E-state index contributed by atoms with van der Waals surface area (Å²) in [5.41, 5.74) is 9.56. The number of nitrogens with zero attached hydrogens (tertiary/aromatic N) is 8. The molecule has 3 N–H and O–H groups in total. The third-order valence-corrected chi connectivity index (χ3v) is 7.12. The SMILES string of the molecule is Nc1ncc(-c2nc(N3CCOCC3)nc3c2CCN3c2ccnc(N3CCCC(O)CC3)c2)cn1. The van der Waals surface area contributed by atoms with Crippen LogP contribution in [0.1, 0.15) is 24.8 Å². The quantitative estimate of drug-likeness (QED) is 0.556. The zero-order chi connectivity index (χ0) is 24.5. The number of aliphatic hydroxyl groups is 1. The van der Waals surface area contributed by atoms with E-state index < -0.39 is 0 Å². The fourth-order valence-corrected chi connectivity index (χ4v) is 5.16. The lowest BCUT2D eigenvalue weighted by molar-refractivity contribution is 0.122. The molecule has 0 spiro atoms. The number of pyridine rings is 1. The molecule has 0 aromatic carbocycles. The number of aromatic nitrogens is 5. The Morgan fingerprint density at radius 3 is 2.61 bits per heavy atom. The van der Waals surface area contributed by atoms with Crippen molar-refractivity contribution in [2.24, 2.45) is 0 Å². The second kappa shape index (κ2) is 9.82. The molecule has 3 aliphatic rings. The molecule has 0 radical (unpaired) electrons. The molecule has 0 saturated carbocycles. The van der Waals surface area contributed by atoms with Crippen LogP contribution in [0, 0.1) is 0 Å². The minimum atomic E-state index is -0.227. The molecule has 6 heterocycles. The summed E-state index contributed by atoms with van der Waals surface area (Å²) in [6.45, 7) is 5.30. The van der Waals surface area contributed by atoms with E-state index in [0.717, 1.165) is 92.6 Å². The van der Waals surface area contributed by atoms with Crippen molar-refractivity contribution in [1.29, 1.82) is 0 Å². The molecule has 11 heteroatoms. The fourth-order valence-electron chi connectivity index (χ4n) is 5.16. The maximum Gasteiger partial charge on any atom is 0.228 e. The van der Waals surface area contributed by atoms with Crippen molar-refractivity contribution in [1.82, 2.24) is 24.9 Å². The largest absolute Gasteiger partial charge is 0.393 e. The van der Waals surface area contributed by atoms with Crippen molar-refractivity contribution in [3.05, 3.63) is 36.3 Å². The molecule has 2 fully saturated rings. The predicted octanol–water partition coefficient (Wildman–Crippen LogP) is 1.79. The van der Waals surface area contributed by atoms with Gasteiger partial charge in [-0.05, 0) is 31.7 Å². The van der Waals surface area contributed by atoms with Gasteiger partial charge in [-0.15, -0.1) is 0 Å². The molecule has 3 aliphatic heterocycles. The van der Waals surface area contributed by atoms with Crippen LogP contribution in [0.25, 0.3) is 11.3 Å². The molecule has 2 saturated heterocycles. The number of ether oxygens (including phenoxy) is 1. The number of hydrogen-bond acceptors (Lipinski definition) is 11. The highest BCUT2D eigenvalue weighted by Gasteiger charge is 2.30. The van der Waals surface area contributed by atoms with Gasteiger partial charge in [-0.1, -0.05) is 0 Å². The number of nitrogens with two attached hydrogens (primary N) is 1. The van der Waals surface area contributed by atoms with Gasteiger partial charge in [-0.2, -0.15) is 4.98 Å². The lowest BCUT2D eigenvalue weighted by Crippen LogP contribution is -2.37. The number of fused-ring (bicyclic) bond motifs is 1. The van der Waals surface area contributed by atoms with Crippen molar-refractivity contribution in [2.75, 3.05) is 66.4 Å². The van der Waals surface area contributed by atoms with Crippen LogP contribution in [0.5, 0.6) is 0 Å². The molecule has 36 heavy (non-hydrogen) atoms. The number of rotatable bonds is 4. The summed E-state index contributed by atoms with van der Waals surface area (Å²) >= 11 is 0. The monoisotopic (exact) mass is 489 g/mol. The highest BCUT2D eigenvalue weighted by atomic mass is 16.5. The zero-order valence-electron chi connectivity index (χ0n) is 20.3. The van der Waals surface area contributed by atoms with Crippen LogP contribution < -0.4 is 20.4 Å². The molecular weight excluding hydrogens is 458 g/mol. The van der Waals surface area contributed by atoms with Gasteiger partial charge in [0.1, 0.15) is 11.6 Å². The van der Waals surface area contributed by atoms with E-state index in [0.29, 0.717) is 19.2 Å². The second-order valence-corrected chi connectivity index (χ2v) is 9.45. The van der Waals surface area contributed by atoms with Crippen molar-refractivity contribution >= 4 is 29.2 Å². The summed E-state index contributed by atoms with van der Waals surface area (Å²) in [6, 6.07) is 4.17. The van der Waals surface area contributed by atoms with Crippen LogP contribution in [-0.4, -0.2) is 82.1 Å². The van der Waals surface area contributed by atoms with Crippen molar-refractivity contribution in [3.63, 3.8) is 0 Å². The topological polar surface area (TPSA) is 130 Å². The van der Waals surface area contributed by atoms with Gasteiger partial charge < -0.3 is 30.3 Å². The van der Waals surface area contributed by atoms with Gasteiger partial charge in [0.05, 0.1) is 25.0 Å². The molecule has 3 aromatic rings. The van der Waals surface area contributed by atoms with Crippen LogP contribution in [-0.2, 0) is 11.2 Å². The van der Waals surface area contributed by atoms with Gasteiger partial charge in [0.15, 0.2) is 0 Å². The van der Waals surface area contributed by atoms with Crippen LogP contribution in [0.3, 0.4) is 0 Å². The van der Waals surface area contributed by atoms with E-state index in [1.807, 2.05) is 12.3 Å². The standard InChI is InChI=1S/C25H31N9O2/c26-24-28-15-17(16-29-24)22-20-5-9-34(23(20)31-25(30-22)33-10-12-36-13-11-33)18-3-6-27-21(14-18)32-7-1-2-19(35)4-8-32/h3,6,14-16,19,35H,1-2,4-5,7-13H2,(H2,26,28,29). The Morgan fingerprint density at radius 1 is 0.944 bits per heavy atom. The molecule has 1 unspecified atom stereocenters. The second-order valence-electron chi connectivity index (χ2n) is 9.45. The van der Waals surface area contributed by atoms with E-state index in [2.05, 4.69) is 35.7 Å². The third-order valence-electron chi connectivity index (χ3n) is 7.12. The lowest BCUT2D eigenvalue weighted by Gasteiger charge is -2.28. The van der Waals surface area contributed by atoms with Gasteiger partial charge in [-0.3, -0.25) is 0 Å². The first-order chi connectivity index (χ1) is 17.7. The maximum absolute atomic E-state index is 10.1. The number of aliphatic hydroxyl groups excluding tert-OH is 1. The molecule has 0 aliphatic carbocycles. The van der Waals surface area contributed by atoms with Gasteiger partial charge in [0.25, 0.3) is 0 Å². The lowest BCUT2D eigenvalue weighted by atomic mass is 10.1. The van der Waals surface area contributed by atoms with Crippen LogP contribution >= 0.6 is 0 Å². The molecular formula is C25H31N9O2. The first kappa shape index (κ1) is 22.9. The van der Waals surface area contributed by atoms with Gasteiger partial charge in [0.2, 0.25) is 11.9 Å². The van der Waals surface area contributed by atoms with Gasteiger partial charge >= 0.3 is 0 Å². The van der Waals surface area contributed by atoms with Crippen LogP contribution in [0.2, 0.25) is 0 Å². The van der Waals surface area contributed by atoms with Crippen molar-refractivity contribution < 1.29 is 9.84 Å². The summed E-state index contributed by atoms with van der Waals surface area (Å²) in [5, 5.41) is 10.1.